The van der Waals surface area contributed by atoms with Gasteiger partial charge in [-0.1, -0.05) is 35.5 Å². The second kappa shape index (κ2) is 8.01. The zero-order chi connectivity index (χ0) is 17.5. The second-order valence-electron chi connectivity index (χ2n) is 5.29. The normalized spacial score (nSPS) is 10.3. The number of para-hydroxylation sites is 1. The number of rotatable bonds is 6. The summed E-state index contributed by atoms with van der Waals surface area (Å²) < 4.78 is 15.7. The third-order valence-electron chi connectivity index (χ3n) is 3.52. The molecule has 3 rings (SSSR count). The molecule has 1 N–H and O–H groups in total. The molecule has 25 heavy (non-hydrogen) atoms. The Morgan fingerprint density at radius 2 is 1.88 bits per heavy atom. The lowest BCUT2D eigenvalue weighted by molar-refractivity contribution is 0.200. The highest BCUT2D eigenvalue weighted by molar-refractivity contribution is 5.70. The standard InChI is InChI=1S/C19H18N2O4/c1-23-17-9-5-6-14(12-17)18-13-15(21-25-18)10-11-20-19(22)24-16-7-3-2-4-8-16/h2-9,12-13H,10-11H2,1H3,(H,20,22). The van der Waals surface area contributed by atoms with Gasteiger partial charge in [-0.2, -0.15) is 0 Å². The van der Waals surface area contributed by atoms with E-state index in [-0.39, 0.29) is 0 Å². The number of hydrogen-bond acceptors (Lipinski definition) is 5. The molecule has 1 aromatic heterocycles. The van der Waals surface area contributed by atoms with E-state index < -0.39 is 6.09 Å². The first-order valence-corrected chi connectivity index (χ1v) is 7.85. The Balaban J connectivity index is 1.51. The van der Waals surface area contributed by atoms with Crippen molar-refractivity contribution in [2.45, 2.75) is 6.42 Å². The fraction of sp³-hybridized carbons (Fsp3) is 0.158. The van der Waals surface area contributed by atoms with E-state index in [4.69, 9.17) is 14.0 Å². The van der Waals surface area contributed by atoms with Crippen LogP contribution in [0.5, 0.6) is 11.5 Å². The highest BCUT2D eigenvalue weighted by atomic mass is 16.6. The van der Waals surface area contributed by atoms with Gasteiger partial charge in [0.25, 0.3) is 0 Å². The maximum atomic E-state index is 11.7. The third-order valence-corrected chi connectivity index (χ3v) is 3.52. The van der Waals surface area contributed by atoms with Gasteiger partial charge in [-0.3, -0.25) is 0 Å². The topological polar surface area (TPSA) is 73.6 Å². The maximum absolute atomic E-state index is 11.7. The number of carbonyl (C=O) groups excluding carboxylic acids is 1. The molecule has 0 radical (unpaired) electrons. The average Bonchev–Trinajstić information content (AvgIpc) is 3.11. The van der Waals surface area contributed by atoms with Gasteiger partial charge in [0.2, 0.25) is 0 Å². The van der Waals surface area contributed by atoms with E-state index >= 15 is 0 Å². The van der Waals surface area contributed by atoms with Crippen LogP contribution in [0.15, 0.2) is 65.2 Å². The number of hydrogen-bond donors (Lipinski definition) is 1. The average molecular weight is 338 g/mol. The first-order valence-electron chi connectivity index (χ1n) is 7.85. The zero-order valence-electron chi connectivity index (χ0n) is 13.8. The van der Waals surface area contributed by atoms with Gasteiger partial charge in [0, 0.05) is 24.6 Å². The van der Waals surface area contributed by atoms with Gasteiger partial charge >= 0.3 is 6.09 Å². The van der Waals surface area contributed by atoms with Gasteiger partial charge < -0.3 is 19.3 Å². The summed E-state index contributed by atoms with van der Waals surface area (Å²) in [5.41, 5.74) is 1.63. The first-order chi connectivity index (χ1) is 12.2. The van der Waals surface area contributed by atoms with E-state index in [1.54, 1.807) is 31.4 Å². The molecule has 0 bridgehead atoms. The minimum Gasteiger partial charge on any atom is -0.497 e. The van der Waals surface area contributed by atoms with Crippen LogP contribution in [0.4, 0.5) is 4.79 Å². The smallest absolute Gasteiger partial charge is 0.412 e. The fourth-order valence-corrected chi connectivity index (χ4v) is 2.27. The van der Waals surface area contributed by atoms with Crippen LogP contribution in [-0.2, 0) is 6.42 Å². The molecule has 0 aliphatic heterocycles. The van der Waals surface area contributed by atoms with Gasteiger partial charge in [0.1, 0.15) is 11.5 Å². The van der Waals surface area contributed by atoms with Gasteiger partial charge in [-0.25, -0.2) is 4.79 Å². The van der Waals surface area contributed by atoms with Crippen molar-refractivity contribution in [3.8, 4) is 22.8 Å². The summed E-state index contributed by atoms with van der Waals surface area (Å²) in [6.45, 7) is 0.399. The highest BCUT2D eigenvalue weighted by Crippen LogP contribution is 2.24. The van der Waals surface area contributed by atoms with Crippen LogP contribution in [-0.4, -0.2) is 24.9 Å². The monoisotopic (exact) mass is 338 g/mol. The van der Waals surface area contributed by atoms with E-state index in [9.17, 15) is 4.79 Å². The van der Waals surface area contributed by atoms with Crippen molar-refractivity contribution < 1.29 is 18.8 Å². The van der Waals surface area contributed by atoms with E-state index in [1.165, 1.54) is 0 Å². The number of methoxy groups -OCH3 is 1. The van der Waals surface area contributed by atoms with Crippen molar-refractivity contribution in [2.75, 3.05) is 13.7 Å². The lowest BCUT2D eigenvalue weighted by Crippen LogP contribution is -2.28. The summed E-state index contributed by atoms with van der Waals surface area (Å²) in [5.74, 6) is 1.91. The van der Waals surface area contributed by atoms with Crippen molar-refractivity contribution in [1.82, 2.24) is 10.5 Å². The molecule has 6 nitrogen and oxygen atoms in total. The van der Waals surface area contributed by atoms with Crippen LogP contribution in [0.1, 0.15) is 5.69 Å². The predicted molar refractivity (Wildman–Crippen MR) is 92.7 cm³/mol. The molecule has 1 heterocycles. The summed E-state index contributed by atoms with van der Waals surface area (Å²) in [4.78, 5) is 11.7. The lowest BCUT2D eigenvalue weighted by atomic mass is 10.1. The molecular formula is C19H18N2O4. The zero-order valence-corrected chi connectivity index (χ0v) is 13.8. The number of nitrogens with one attached hydrogen (secondary N) is 1. The molecule has 0 fully saturated rings. The predicted octanol–water partition coefficient (Wildman–Crippen LogP) is 3.68. The molecule has 0 aliphatic carbocycles. The molecule has 0 atom stereocenters. The van der Waals surface area contributed by atoms with Crippen LogP contribution in [0.3, 0.4) is 0 Å². The third kappa shape index (κ3) is 4.60. The fourth-order valence-electron chi connectivity index (χ4n) is 2.27. The van der Waals surface area contributed by atoms with Crippen molar-refractivity contribution in [1.29, 1.82) is 0 Å². The molecular weight excluding hydrogens is 320 g/mol. The van der Waals surface area contributed by atoms with E-state index in [0.29, 0.717) is 24.5 Å². The molecule has 3 aromatic rings. The Morgan fingerprint density at radius 3 is 2.68 bits per heavy atom. The van der Waals surface area contributed by atoms with Gasteiger partial charge in [-0.15, -0.1) is 0 Å². The highest BCUT2D eigenvalue weighted by Gasteiger charge is 2.09. The molecule has 2 aromatic carbocycles. The number of amides is 1. The summed E-state index contributed by atoms with van der Waals surface area (Å²) in [6, 6.07) is 18.3. The van der Waals surface area contributed by atoms with E-state index in [0.717, 1.165) is 17.0 Å². The number of carbonyl (C=O) groups is 1. The summed E-state index contributed by atoms with van der Waals surface area (Å²) in [6.07, 6.45) is 0.0416. The van der Waals surface area contributed by atoms with Gasteiger partial charge in [-0.05, 0) is 24.3 Å². The van der Waals surface area contributed by atoms with E-state index in [2.05, 4.69) is 10.5 Å². The van der Waals surface area contributed by atoms with Crippen LogP contribution in [0, 0.1) is 0 Å². The van der Waals surface area contributed by atoms with Crippen LogP contribution in [0.2, 0.25) is 0 Å². The minimum atomic E-state index is -0.497. The quantitative estimate of drug-likeness (QED) is 0.742. The summed E-state index contributed by atoms with van der Waals surface area (Å²) in [5, 5.41) is 6.71. The molecule has 0 aliphatic rings. The Bertz CT molecular complexity index is 830. The number of nitrogens with zero attached hydrogens (tertiary/aromatic N) is 1. The molecule has 0 spiro atoms. The Hall–Kier alpha value is -3.28. The van der Waals surface area contributed by atoms with Crippen LogP contribution >= 0.6 is 0 Å². The number of benzene rings is 2. The lowest BCUT2D eigenvalue weighted by Gasteiger charge is -2.05. The maximum Gasteiger partial charge on any atom is 0.412 e. The van der Waals surface area contributed by atoms with Crippen LogP contribution < -0.4 is 14.8 Å². The first kappa shape index (κ1) is 16.6. The molecule has 0 saturated heterocycles. The van der Waals surface area contributed by atoms with Gasteiger partial charge in [0.05, 0.1) is 12.8 Å². The van der Waals surface area contributed by atoms with Crippen LogP contribution in [0.25, 0.3) is 11.3 Å². The molecule has 128 valence electrons. The molecule has 6 heteroatoms. The van der Waals surface area contributed by atoms with Crippen molar-refractivity contribution >= 4 is 6.09 Å². The van der Waals surface area contributed by atoms with Crippen molar-refractivity contribution in [3.05, 3.63) is 66.4 Å². The van der Waals surface area contributed by atoms with Crippen molar-refractivity contribution in [3.63, 3.8) is 0 Å². The SMILES string of the molecule is COc1cccc(-c2cc(CCNC(=O)Oc3ccccc3)no2)c1. The second-order valence-corrected chi connectivity index (χ2v) is 5.29. The summed E-state index contributed by atoms with van der Waals surface area (Å²) in [7, 11) is 1.62. The number of ether oxygens (including phenoxy) is 2. The Labute approximate surface area is 145 Å². The molecule has 1 amide bonds. The Kier molecular flexibility index (Phi) is 5.31. The number of aromatic nitrogens is 1. The molecule has 0 unspecified atom stereocenters. The van der Waals surface area contributed by atoms with Gasteiger partial charge in [0.15, 0.2) is 5.76 Å². The molecule has 0 saturated carbocycles. The summed E-state index contributed by atoms with van der Waals surface area (Å²) >= 11 is 0. The minimum absolute atomic E-state index is 0.399. The largest absolute Gasteiger partial charge is 0.497 e. The van der Waals surface area contributed by atoms with Crippen molar-refractivity contribution in [2.24, 2.45) is 0 Å². The Morgan fingerprint density at radius 1 is 1.08 bits per heavy atom. The van der Waals surface area contributed by atoms with E-state index in [1.807, 2.05) is 36.4 Å².